The predicted molar refractivity (Wildman–Crippen MR) is 127 cm³/mol. The number of allylic oxidation sites excluding steroid dienone is 1. The molecule has 2 aromatic carbocycles. The molecule has 0 aliphatic heterocycles. The molecule has 0 spiro atoms. The Morgan fingerprint density at radius 2 is 1.68 bits per heavy atom. The summed E-state index contributed by atoms with van der Waals surface area (Å²) in [7, 11) is 0. The van der Waals surface area contributed by atoms with E-state index in [1.807, 2.05) is 73.7 Å². The highest BCUT2D eigenvalue weighted by molar-refractivity contribution is 7.19. The number of furan rings is 1. The Bertz CT molecular complexity index is 1370. The van der Waals surface area contributed by atoms with Crippen molar-refractivity contribution in [1.82, 2.24) is 0 Å². The molecule has 31 heavy (non-hydrogen) atoms. The van der Waals surface area contributed by atoms with Crippen LogP contribution in [0, 0.1) is 6.92 Å². The maximum atomic E-state index is 12.9. The molecular formula is C27H20O3S. The minimum absolute atomic E-state index is 0.189. The van der Waals surface area contributed by atoms with E-state index < -0.39 is 0 Å². The minimum atomic E-state index is -0.192. The van der Waals surface area contributed by atoms with E-state index in [0.29, 0.717) is 11.1 Å². The van der Waals surface area contributed by atoms with E-state index >= 15 is 0 Å². The Balaban J connectivity index is 1.44. The highest BCUT2D eigenvalue weighted by Crippen LogP contribution is 2.34. The summed E-state index contributed by atoms with van der Waals surface area (Å²) in [6.45, 7) is 4.03. The normalized spacial score (nSPS) is 15.0. The van der Waals surface area contributed by atoms with Gasteiger partial charge in [0.05, 0.1) is 10.3 Å². The quantitative estimate of drug-likeness (QED) is 0.262. The van der Waals surface area contributed by atoms with Crippen molar-refractivity contribution in [3.05, 3.63) is 98.6 Å². The van der Waals surface area contributed by atoms with Crippen LogP contribution >= 0.6 is 11.3 Å². The van der Waals surface area contributed by atoms with E-state index in [2.05, 4.69) is 6.92 Å². The van der Waals surface area contributed by atoms with Crippen molar-refractivity contribution >= 4 is 51.4 Å². The summed E-state index contributed by atoms with van der Waals surface area (Å²) in [6, 6.07) is 17.6. The van der Waals surface area contributed by atoms with Gasteiger partial charge < -0.3 is 4.42 Å². The largest absolute Gasteiger partial charge is 0.456 e. The molecule has 0 bridgehead atoms. The van der Waals surface area contributed by atoms with Crippen LogP contribution in [-0.4, -0.2) is 11.6 Å². The van der Waals surface area contributed by atoms with E-state index in [1.54, 1.807) is 6.08 Å². The van der Waals surface area contributed by atoms with Crippen molar-refractivity contribution in [2.24, 2.45) is 0 Å². The first-order valence-electron chi connectivity index (χ1n) is 10.2. The fourth-order valence-electron chi connectivity index (χ4n) is 3.94. The van der Waals surface area contributed by atoms with Gasteiger partial charge in [-0.2, -0.15) is 0 Å². The first kappa shape index (κ1) is 19.5. The second kappa shape index (κ2) is 7.64. The standard InChI is InChI=1S/C27H20O3S/c1-3-18-12-22-21(11-16(18)2)26(28)23(27(22)29)14-20-15-24-25(31-20)13-19(30-24)10-9-17-7-5-4-6-8-17/h4-15H,3H2,1-2H3/b10-9+,23-14-. The molecule has 152 valence electrons. The lowest BCUT2D eigenvalue weighted by Crippen LogP contribution is -1.99. The van der Waals surface area contributed by atoms with Crippen molar-refractivity contribution in [2.45, 2.75) is 20.3 Å². The van der Waals surface area contributed by atoms with Gasteiger partial charge in [-0.15, -0.1) is 11.3 Å². The van der Waals surface area contributed by atoms with Crippen molar-refractivity contribution in [1.29, 1.82) is 0 Å². The second-order valence-corrected chi connectivity index (χ2v) is 8.78. The van der Waals surface area contributed by atoms with Crippen molar-refractivity contribution in [3.63, 3.8) is 0 Å². The van der Waals surface area contributed by atoms with E-state index in [4.69, 9.17) is 4.42 Å². The average molecular weight is 425 g/mol. The van der Waals surface area contributed by atoms with Crippen LogP contribution in [0.2, 0.25) is 0 Å². The van der Waals surface area contributed by atoms with Crippen molar-refractivity contribution in [3.8, 4) is 0 Å². The monoisotopic (exact) mass is 424 g/mol. The number of thiophene rings is 1. The Morgan fingerprint density at radius 3 is 2.39 bits per heavy atom. The summed E-state index contributed by atoms with van der Waals surface area (Å²) in [5.74, 6) is 0.390. The molecule has 4 heteroatoms. The summed E-state index contributed by atoms with van der Waals surface area (Å²) in [4.78, 5) is 26.6. The summed E-state index contributed by atoms with van der Waals surface area (Å²) >= 11 is 1.51. The number of ketones is 2. The van der Waals surface area contributed by atoms with Crippen molar-refractivity contribution < 1.29 is 14.0 Å². The van der Waals surface area contributed by atoms with Crippen LogP contribution < -0.4 is 0 Å². The molecule has 2 heterocycles. The fourth-order valence-corrected chi connectivity index (χ4v) is 4.92. The molecule has 3 nitrogen and oxygen atoms in total. The van der Waals surface area contributed by atoms with Gasteiger partial charge in [-0.05, 0) is 60.4 Å². The van der Waals surface area contributed by atoms with Gasteiger partial charge in [-0.1, -0.05) is 43.3 Å². The molecule has 1 aliphatic rings. The Labute approximate surface area is 184 Å². The number of fused-ring (bicyclic) bond motifs is 2. The van der Waals surface area contributed by atoms with Crippen LogP contribution in [-0.2, 0) is 6.42 Å². The van der Waals surface area contributed by atoms with Crippen LogP contribution in [0.4, 0.5) is 0 Å². The molecule has 0 atom stereocenters. The van der Waals surface area contributed by atoms with Gasteiger partial charge in [0, 0.05) is 22.1 Å². The maximum absolute atomic E-state index is 12.9. The molecule has 0 radical (unpaired) electrons. The predicted octanol–water partition coefficient (Wildman–Crippen LogP) is 7.00. The zero-order valence-electron chi connectivity index (χ0n) is 17.3. The summed E-state index contributed by atoms with van der Waals surface area (Å²) in [6.07, 6.45) is 6.48. The number of aryl methyl sites for hydroxylation is 2. The number of hydrogen-bond donors (Lipinski definition) is 0. The number of carbonyl (C=O) groups excluding carboxylic acids is 2. The molecule has 0 unspecified atom stereocenters. The fraction of sp³-hybridized carbons (Fsp3) is 0.111. The molecule has 2 aromatic heterocycles. The molecule has 0 N–H and O–H groups in total. The van der Waals surface area contributed by atoms with Gasteiger partial charge in [-0.3, -0.25) is 9.59 Å². The summed E-state index contributed by atoms with van der Waals surface area (Å²) in [5, 5.41) is 0. The zero-order chi connectivity index (χ0) is 21.5. The lowest BCUT2D eigenvalue weighted by Gasteiger charge is -2.04. The lowest BCUT2D eigenvalue weighted by molar-refractivity contribution is 0.0990. The average Bonchev–Trinajstić information content (AvgIpc) is 3.39. The third kappa shape index (κ3) is 3.49. The van der Waals surface area contributed by atoms with Crippen molar-refractivity contribution in [2.75, 3.05) is 0 Å². The summed E-state index contributed by atoms with van der Waals surface area (Å²) in [5.41, 5.74) is 5.28. The van der Waals surface area contributed by atoms with Gasteiger partial charge in [-0.25, -0.2) is 0 Å². The number of hydrogen-bond acceptors (Lipinski definition) is 4. The van der Waals surface area contributed by atoms with Gasteiger partial charge in [0.1, 0.15) is 11.3 Å². The second-order valence-electron chi connectivity index (χ2n) is 7.66. The zero-order valence-corrected chi connectivity index (χ0v) is 18.1. The van der Waals surface area contributed by atoms with Crippen LogP contribution in [0.25, 0.3) is 28.5 Å². The smallest absolute Gasteiger partial charge is 0.197 e. The molecule has 4 aromatic rings. The van der Waals surface area contributed by atoms with Gasteiger partial charge in [0.15, 0.2) is 11.6 Å². The molecule has 0 fully saturated rings. The number of carbonyl (C=O) groups is 2. The molecule has 0 amide bonds. The van der Waals surface area contributed by atoms with Crippen LogP contribution in [0.15, 0.2) is 64.6 Å². The van der Waals surface area contributed by atoms with E-state index in [0.717, 1.165) is 44.0 Å². The maximum Gasteiger partial charge on any atom is 0.197 e. The van der Waals surface area contributed by atoms with Crippen LogP contribution in [0.1, 0.15) is 55.0 Å². The third-order valence-corrected chi connectivity index (χ3v) is 6.62. The topological polar surface area (TPSA) is 47.3 Å². The minimum Gasteiger partial charge on any atom is -0.456 e. The third-order valence-electron chi connectivity index (χ3n) is 5.61. The lowest BCUT2D eigenvalue weighted by atomic mass is 9.99. The first-order valence-corrected chi connectivity index (χ1v) is 11.1. The van der Waals surface area contributed by atoms with Crippen LogP contribution in [0.5, 0.6) is 0 Å². The Kier molecular flexibility index (Phi) is 4.79. The number of benzene rings is 2. The highest BCUT2D eigenvalue weighted by Gasteiger charge is 2.33. The SMILES string of the molecule is CCc1cc2c(cc1C)C(=O)/C(=C/c1cc3oc(/C=C/c4ccccc4)cc3s1)C2=O. The van der Waals surface area contributed by atoms with E-state index in [9.17, 15) is 9.59 Å². The van der Waals surface area contributed by atoms with Gasteiger partial charge >= 0.3 is 0 Å². The van der Waals surface area contributed by atoms with Gasteiger partial charge in [0.2, 0.25) is 0 Å². The Morgan fingerprint density at radius 1 is 0.935 bits per heavy atom. The molecule has 5 rings (SSSR count). The molecule has 0 saturated heterocycles. The number of Topliss-reactive ketones (excluding diaryl/α,β-unsaturated/α-hetero) is 2. The van der Waals surface area contributed by atoms with Crippen LogP contribution in [0.3, 0.4) is 0 Å². The highest BCUT2D eigenvalue weighted by atomic mass is 32.1. The summed E-state index contributed by atoms with van der Waals surface area (Å²) < 4.78 is 6.91. The molecule has 1 aliphatic carbocycles. The Hall–Kier alpha value is -3.50. The molecular weight excluding hydrogens is 404 g/mol. The van der Waals surface area contributed by atoms with E-state index in [-0.39, 0.29) is 17.1 Å². The van der Waals surface area contributed by atoms with E-state index in [1.165, 1.54) is 11.3 Å². The van der Waals surface area contributed by atoms with Gasteiger partial charge in [0.25, 0.3) is 0 Å². The molecule has 0 saturated carbocycles. The number of rotatable bonds is 4. The first-order chi connectivity index (χ1) is 15.0.